The normalized spacial score (nSPS) is 17.3. The van der Waals surface area contributed by atoms with Crippen LogP contribution in [0.15, 0.2) is 29.6 Å². The van der Waals surface area contributed by atoms with Crippen LogP contribution in [0.2, 0.25) is 0 Å². The molecule has 1 unspecified atom stereocenters. The highest BCUT2D eigenvalue weighted by molar-refractivity contribution is 7.09. The Labute approximate surface area is 143 Å². The Bertz CT molecular complexity index is 762. The van der Waals surface area contributed by atoms with Gasteiger partial charge >= 0.3 is 0 Å². The molecule has 1 N–H and O–H groups in total. The summed E-state index contributed by atoms with van der Waals surface area (Å²) in [6.45, 7) is 2.50. The molecule has 2 amide bonds. The molecule has 0 bridgehead atoms. The molecule has 5 nitrogen and oxygen atoms in total. The van der Waals surface area contributed by atoms with E-state index < -0.39 is 6.04 Å². The quantitative estimate of drug-likeness (QED) is 0.903. The van der Waals surface area contributed by atoms with Gasteiger partial charge in [0, 0.05) is 24.0 Å². The van der Waals surface area contributed by atoms with Crippen LogP contribution < -0.4 is 5.32 Å². The van der Waals surface area contributed by atoms with Crippen molar-refractivity contribution in [3.8, 4) is 0 Å². The van der Waals surface area contributed by atoms with Crippen molar-refractivity contribution in [2.45, 2.75) is 38.9 Å². The van der Waals surface area contributed by atoms with Crippen LogP contribution in [0.4, 0.5) is 4.39 Å². The molecule has 3 rings (SSSR count). The van der Waals surface area contributed by atoms with Gasteiger partial charge in [0.05, 0.1) is 6.54 Å². The lowest BCUT2D eigenvalue weighted by Gasteiger charge is -2.24. The second-order valence-electron chi connectivity index (χ2n) is 5.81. The van der Waals surface area contributed by atoms with Crippen LogP contribution in [-0.2, 0) is 22.7 Å². The molecule has 7 heteroatoms. The highest BCUT2D eigenvalue weighted by atomic mass is 32.1. The Morgan fingerprint density at radius 2 is 2.33 bits per heavy atom. The standard InChI is InChI=1S/C17H18FN3O2S/c1-11-10-24-15(20-11)8-19-17(23)14-5-6-16(22)21(14)9-12-3-2-4-13(18)7-12/h2-4,7,10,14H,5-6,8-9H2,1H3,(H,19,23). The number of amides is 2. The molecule has 2 heterocycles. The van der Waals surface area contributed by atoms with Gasteiger partial charge in [-0.1, -0.05) is 12.1 Å². The predicted molar refractivity (Wildman–Crippen MR) is 88.7 cm³/mol. The van der Waals surface area contributed by atoms with E-state index in [4.69, 9.17) is 0 Å². The topological polar surface area (TPSA) is 62.3 Å². The maximum absolute atomic E-state index is 13.3. The first-order valence-corrected chi connectivity index (χ1v) is 8.63. The van der Waals surface area contributed by atoms with Crippen molar-refractivity contribution >= 4 is 23.2 Å². The number of likely N-dealkylation sites (tertiary alicyclic amines) is 1. The summed E-state index contributed by atoms with van der Waals surface area (Å²) >= 11 is 1.49. The summed E-state index contributed by atoms with van der Waals surface area (Å²) in [7, 11) is 0. The smallest absolute Gasteiger partial charge is 0.243 e. The fraction of sp³-hybridized carbons (Fsp3) is 0.353. The zero-order valence-corrected chi connectivity index (χ0v) is 14.1. The van der Waals surface area contributed by atoms with Crippen molar-refractivity contribution in [3.63, 3.8) is 0 Å². The van der Waals surface area contributed by atoms with E-state index >= 15 is 0 Å². The Hall–Kier alpha value is -2.28. The molecule has 1 atom stereocenters. The molecule has 1 aromatic carbocycles. The highest BCUT2D eigenvalue weighted by Crippen LogP contribution is 2.22. The van der Waals surface area contributed by atoms with Gasteiger partial charge in [-0.25, -0.2) is 9.37 Å². The summed E-state index contributed by atoms with van der Waals surface area (Å²) in [6.07, 6.45) is 0.820. The van der Waals surface area contributed by atoms with Crippen molar-refractivity contribution in [1.82, 2.24) is 15.2 Å². The fourth-order valence-corrected chi connectivity index (χ4v) is 3.51. The van der Waals surface area contributed by atoms with Gasteiger partial charge in [0.1, 0.15) is 16.9 Å². The molecule has 1 fully saturated rings. The zero-order chi connectivity index (χ0) is 17.1. The lowest BCUT2D eigenvalue weighted by Crippen LogP contribution is -2.44. The number of rotatable bonds is 5. The van der Waals surface area contributed by atoms with Crippen LogP contribution in [0.5, 0.6) is 0 Å². The van der Waals surface area contributed by atoms with E-state index in [9.17, 15) is 14.0 Å². The van der Waals surface area contributed by atoms with Gasteiger partial charge < -0.3 is 10.2 Å². The number of nitrogens with one attached hydrogen (secondary N) is 1. The fourth-order valence-electron chi connectivity index (χ4n) is 2.80. The molecule has 1 aromatic heterocycles. The van der Waals surface area contributed by atoms with E-state index in [2.05, 4.69) is 10.3 Å². The van der Waals surface area contributed by atoms with Crippen LogP contribution in [0.25, 0.3) is 0 Å². The van der Waals surface area contributed by atoms with Gasteiger partial charge in [-0.05, 0) is 31.0 Å². The largest absolute Gasteiger partial charge is 0.348 e. The minimum absolute atomic E-state index is 0.0792. The summed E-state index contributed by atoms with van der Waals surface area (Å²) < 4.78 is 13.3. The third-order valence-electron chi connectivity index (χ3n) is 3.95. The Balaban J connectivity index is 1.64. The number of hydrogen-bond acceptors (Lipinski definition) is 4. The summed E-state index contributed by atoms with van der Waals surface area (Å²) in [5.74, 6) is -0.617. The number of nitrogens with zero attached hydrogens (tertiary/aromatic N) is 2. The van der Waals surface area contributed by atoms with Gasteiger partial charge in [-0.15, -0.1) is 11.3 Å². The number of aromatic nitrogens is 1. The van der Waals surface area contributed by atoms with Crippen molar-refractivity contribution in [2.75, 3.05) is 0 Å². The Kier molecular flexibility index (Phi) is 4.89. The first-order chi connectivity index (χ1) is 11.5. The minimum atomic E-state index is -0.512. The number of aryl methyl sites for hydroxylation is 1. The molecule has 1 aliphatic rings. The average Bonchev–Trinajstić information content (AvgIpc) is 3.12. The molecular weight excluding hydrogens is 329 g/mol. The summed E-state index contributed by atoms with van der Waals surface area (Å²) in [5.41, 5.74) is 1.60. The van der Waals surface area contributed by atoms with E-state index in [-0.39, 0.29) is 24.2 Å². The molecule has 1 aliphatic heterocycles. The lowest BCUT2D eigenvalue weighted by molar-refractivity contribution is -0.135. The summed E-state index contributed by atoms with van der Waals surface area (Å²) in [4.78, 5) is 30.4. The first-order valence-electron chi connectivity index (χ1n) is 7.75. The number of carbonyl (C=O) groups excluding carboxylic acids is 2. The van der Waals surface area contributed by atoms with Crippen molar-refractivity contribution in [1.29, 1.82) is 0 Å². The van der Waals surface area contributed by atoms with Crippen LogP contribution >= 0.6 is 11.3 Å². The molecule has 24 heavy (non-hydrogen) atoms. The maximum Gasteiger partial charge on any atom is 0.243 e. The van der Waals surface area contributed by atoms with E-state index in [0.717, 1.165) is 10.7 Å². The number of hydrogen-bond donors (Lipinski definition) is 1. The average molecular weight is 347 g/mol. The van der Waals surface area contributed by atoms with Crippen molar-refractivity contribution in [3.05, 3.63) is 51.7 Å². The molecule has 0 spiro atoms. The van der Waals surface area contributed by atoms with Gasteiger partial charge in [0.2, 0.25) is 11.8 Å². The molecule has 2 aromatic rings. The van der Waals surface area contributed by atoms with Crippen LogP contribution in [0.3, 0.4) is 0 Å². The Morgan fingerprint density at radius 1 is 1.50 bits per heavy atom. The molecule has 126 valence electrons. The first kappa shape index (κ1) is 16.6. The summed E-state index contributed by atoms with van der Waals surface area (Å²) in [5, 5.41) is 5.61. The van der Waals surface area contributed by atoms with Gasteiger partial charge in [0.25, 0.3) is 0 Å². The maximum atomic E-state index is 13.3. The minimum Gasteiger partial charge on any atom is -0.348 e. The number of halogens is 1. The van der Waals surface area contributed by atoms with Crippen LogP contribution in [0, 0.1) is 12.7 Å². The number of thiazole rings is 1. The zero-order valence-electron chi connectivity index (χ0n) is 13.3. The van der Waals surface area contributed by atoms with Crippen LogP contribution in [-0.4, -0.2) is 27.7 Å². The SMILES string of the molecule is Cc1csc(CNC(=O)C2CCC(=O)N2Cc2cccc(F)c2)n1. The van der Waals surface area contributed by atoms with Crippen molar-refractivity contribution < 1.29 is 14.0 Å². The second kappa shape index (κ2) is 7.09. The summed E-state index contributed by atoms with van der Waals surface area (Å²) in [6, 6.07) is 5.59. The molecule has 1 saturated heterocycles. The second-order valence-corrected chi connectivity index (χ2v) is 6.75. The van der Waals surface area contributed by atoms with Crippen LogP contribution in [0.1, 0.15) is 29.1 Å². The molecule has 0 saturated carbocycles. The van der Waals surface area contributed by atoms with Crippen molar-refractivity contribution in [2.24, 2.45) is 0 Å². The third kappa shape index (κ3) is 3.79. The third-order valence-corrected chi connectivity index (χ3v) is 4.92. The predicted octanol–water partition coefficient (Wildman–Crippen LogP) is 2.40. The molecular formula is C17H18FN3O2S. The van der Waals surface area contributed by atoms with Gasteiger partial charge in [0.15, 0.2) is 0 Å². The Morgan fingerprint density at radius 3 is 3.04 bits per heavy atom. The monoisotopic (exact) mass is 347 g/mol. The van der Waals surface area contributed by atoms with E-state index in [1.165, 1.54) is 28.4 Å². The van der Waals surface area contributed by atoms with E-state index in [1.807, 2.05) is 12.3 Å². The number of carbonyl (C=O) groups is 2. The van der Waals surface area contributed by atoms with E-state index in [1.54, 1.807) is 12.1 Å². The number of benzene rings is 1. The van der Waals surface area contributed by atoms with Gasteiger partial charge in [-0.2, -0.15) is 0 Å². The molecule has 0 radical (unpaired) electrons. The van der Waals surface area contributed by atoms with Gasteiger partial charge in [-0.3, -0.25) is 9.59 Å². The highest BCUT2D eigenvalue weighted by Gasteiger charge is 2.35. The van der Waals surface area contributed by atoms with E-state index in [0.29, 0.717) is 24.9 Å². The molecule has 0 aliphatic carbocycles. The lowest BCUT2D eigenvalue weighted by atomic mass is 10.1.